The van der Waals surface area contributed by atoms with E-state index in [4.69, 9.17) is 4.42 Å². The number of nitrogens with zero attached hydrogens (tertiary/aromatic N) is 2. The van der Waals surface area contributed by atoms with Crippen LogP contribution in [0.15, 0.2) is 22.8 Å². The lowest BCUT2D eigenvalue weighted by Gasteiger charge is -2.45. The quantitative estimate of drug-likeness (QED) is 0.295. The standard InChI is InChI=1S/C31H53N3O5/c1-25-7-8-28(32-22-25)34(29(38)27-6-5-21-39-27)26-9-17-33(18-10-26)19-15-30(11-3-2-4-12-30)13-14-31(23-36,24-37)16-20-35/h5-6,21,25-26,28,32,35-37H,2-4,7-20,22-24H2,1H3. The van der Waals surface area contributed by atoms with Crippen LogP contribution in [0.25, 0.3) is 0 Å². The number of nitrogens with one attached hydrogen (secondary N) is 1. The maximum atomic E-state index is 13.5. The minimum atomic E-state index is -0.577. The van der Waals surface area contributed by atoms with Crippen LogP contribution >= 0.6 is 0 Å². The van der Waals surface area contributed by atoms with Gasteiger partial charge in [0.1, 0.15) is 0 Å². The van der Waals surface area contributed by atoms with Gasteiger partial charge in [0.05, 0.1) is 25.6 Å². The molecule has 3 heterocycles. The molecule has 222 valence electrons. The van der Waals surface area contributed by atoms with Crippen LogP contribution in [0.2, 0.25) is 0 Å². The maximum absolute atomic E-state index is 13.5. The Morgan fingerprint density at radius 3 is 2.41 bits per heavy atom. The molecule has 4 N–H and O–H groups in total. The largest absolute Gasteiger partial charge is 0.459 e. The van der Waals surface area contributed by atoms with Gasteiger partial charge in [-0.2, -0.15) is 0 Å². The summed E-state index contributed by atoms with van der Waals surface area (Å²) < 4.78 is 5.52. The van der Waals surface area contributed by atoms with E-state index in [2.05, 4.69) is 22.0 Å². The van der Waals surface area contributed by atoms with Gasteiger partial charge in [0.25, 0.3) is 5.91 Å². The van der Waals surface area contributed by atoms with Crippen molar-refractivity contribution in [1.82, 2.24) is 15.1 Å². The lowest BCUT2D eigenvalue weighted by molar-refractivity contribution is 0.00470. The van der Waals surface area contributed by atoms with Crippen LogP contribution in [0, 0.1) is 16.7 Å². The van der Waals surface area contributed by atoms with Crippen molar-refractivity contribution in [2.75, 3.05) is 46.0 Å². The van der Waals surface area contributed by atoms with E-state index >= 15 is 0 Å². The van der Waals surface area contributed by atoms with Gasteiger partial charge in [-0.3, -0.25) is 10.1 Å². The average molecular weight is 548 g/mol. The summed E-state index contributed by atoms with van der Waals surface area (Å²) in [5.74, 6) is 1.07. The third kappa shape index (κ3) is 7.85. The van der Waals surface area contributed by atoms with Gasteiger partial charge < -0.3 is 29.5 Å². The number of piperidine rings is 2. The van der Waals surface area contributed by atoms with Crippen LogP contribution in [-0.2, 0) is 0 Å². The molecule has 39 heavy (non-hydrogen) atoms. The fourth-order valence-electron chi connectivity index (χ4n) is 7.31. The van der Waals surface area contributed by atoms with Gasteiger partial charge in [-0.15, -0.1) is 0 Å². The summed E-state index contributed by atoms with van der Waals surface area (Å²) in [6, 6.07) is 3.78. The molecule has 2 aliphatic heterocycles. The first kappa shape index (κ1) is 30.5. The average Bonchev–Trinajstić information content (AvgIpc) is 3.52. The number of furan rings is 1. The molecule has 2 atom stereocenters. The van der Waals surface area contributed by atoms with Gasteiger partial charge in [-0.1, -0.05) is 26.2 Å². The van der Waals surface area contributed by atoms with Crippen LogP contribution in [-0.4, -0.2) is 89.2 Å². The molecule has 3 fully saturated rings. The highest BCUT2D eigenvalue weighted by Gasteiger charge is 2.39. The summed E-state index contributed by atoms with van der Waals surface area (Å²) >= 11 is 0. The van der Waals surface area contributed by atoms with Gasteiger partial charge in [-0.25, -0.2) is 0 Å². The zero-order chi connectivity index (χ0) is 27.7. The fraction of sp³-hybridized carbons (Fsp3) is 0.839. The number of hydrogen-bond acceptors (Lipinski definition) is 7. The van der Waals surface area contributed by atoms with Gasteiger partial charge >= 0.3 is 0 Å². The molecule has 1 aromatic heterocycles. The number of amides is 1. The summed E-state index contributed by atoms with van der Waals surface area (Å²) in [5, 5.41) is 33.2. The highest BCUT2D eigenvalue weighted by molar-refractivity contribution is 5.91. The van der Waals surface area contributed by atoms with Crippen molar-refractivity contribution in [2.24, 2.45) is 16.7 Å². The van der Waals surface area contributed by atoms with E-state index in [1.807, 2.05) is 0 Å². The number of aliphatic hydroxyl groups excluding tert-OH is 3. The Labute approximate surface area is 235 Å². The molecule has 2 unspecified atom stereocenters. The highest BCUT2D eigenvalue weighted by atomic mass is 16.3. The lowest BCUT2D eigenvalue weighted by atomic mass is 9.66. The van der Waals surface area contributed by atoms with Crippen molar-refractivity contribution in [3.63, 3.8) is 0 Å². The topological polar surface area (TPSA) is 109 Å². The molecule has 0 radical (unpaired) electrons. The molecule has 8 heteroatoms. The molecular formula is C31H53N3O5. The Morgan fingerprint density at radius 2 is 1.82 bits per heavy atom. The zero-order valence-electron chi connectivity index (χ0n) is 24.2. The molecule has 1 amide bonds. The van der Waals surface area contributed by atoms with Crippen LogP contribution < -0.4 is 5.32 Å². The third-order valence-electron chi connectivity index (χ3n) is 10.3. The normalized spacial score (nSPS) is 25.0. The van der Waals surface area contributed by atoms with E-state index in [1.54, 1.807) is 18.4 Å². The molecule has 0 spiro atoms. The molecule has 2 saturated heterocycles. The molecule has 0 bridgehead atoms. The van der Waals surface area contributed by atoms with E-state index in [0.29, 0.717) is 18.1 Å². The summed E-state index contributed by atoms with van der Waals surface area (Å²) in [6.45, 7) is 6.10. The molecule has 1 aromatic rings. The van der Waals surface area contributed by atoms with E-state index < -0.39 is 5.41 Å². The van der Waals surface area contributed by atoms with Gasteiger partial charge in [0, 0.05) is 31.2 Å². The van der Waals surface area contributed by atoms with Crippen molar-refractivity contribution in [1.29, 1.82) is 0 Å². The molecule has 1 aliphatic carbocycles. The lowest BCUT2D eigenvalue weighted by Crippen LogP contribution is -2.58. The third-order valence-corrected chi connectivity index (χ3v) is 10.3. The number of rotatable bonds is 13. The van der Waals surface area contributed by atoms with E-state index in [-0.39, 0.29) is 43.4 Å². The predicted octanol–water partition coefficient (Wildman–Crippen LogP) is 4.01. The summed E-state index contributed by atoms with van der Waals surface area (Å²) in [4.78, 5) is 18.2. The minimum Gasteiger partial charge on any atom is -0.459 e. The molecule has 4 rings (SSSR count). The van der Waals surface area contributed by atoms with E-state index in [9.17, 15) is 20.1 Å². The molecule has 0 aromatic carbocycles. The van der Waals surface area contributed by atoms with Gasteiger partial charge in [-0.05, 0) is 101 Å². The monoisotopic (exact) mass is 547 g/mol. The van der Waals surface area contributed by atoms with Crippen molar-refractivity contribution in [2.45, 2.75) is 103 Å². The first-order valence-electron chi connectivity index (χ1n) is 15.6. The molecular weight excluding hydrogens is 494 g/mol. The van der Waals surface area contributed by atoms with E-state index in [1.165, 1.54) is 32.1 Å². The molecule has 3 aliphatic rings. The first-order valence-corrected chi connectivity index (χ1v) is 15.6. The van der Waals surface area contributed by atoms with Crippen LogP contribution in [0.5, 0.6) is 0 Å². The van der Waals surface area contributed by atoms with E-state index in [0.717, 1.165) is 71.1 Å². The number of aliphatic hydroxyl groups is 3. The first-order chi connectivity index (χ1) is 18.9. The number of carbonyl (C=O) groups is 1. The SMILES string of the molecule is CC1CCC(N(C(=O)c2ccco2)C2CCN(CCC3(CCC(CO)(CO)CCO)CCCCC3)CC2)NC1. The zero-order valence-corrected chi connectivity index (χ0v) is 24.2. The Morgan fingerprint density at radius 1 is 1.08 bits per heavy atom. The number of hydrogen-bond donors (Lipinski definition) is 4. The summed E-state index contributed by atoms with van der Waals surface area (Å²) in [5.41, 5.74) is -0.323. The van der Waals surface area contributed by atoms with Gasteiger partial charge in [0.15, 0.2) is 5.76 Å². The Hall–Kier alpha value is -1.45. The Balaban J connectivity index is 1.34. The van der Waals surface area contributed by atoms with Crippen molar-refractivity contribution in [3.05, 3.63) is 24.2 Å². The second-order valence-electron chi connectivity index (χ2n) is 13.0. The maximum Gasteiger partial charge on any atom is 0.291 e. The van der Waals surface area contributed by atoms with Crippen molar-refractivity contribution >= 4 is 5.91 Å². The van der Waals surface area contributed by atoms with Crippen LogP contribution in [0.3, 0.4) is 0 Å². The second-order valence-corrected chi connectivity index (χ2v) is 13.0. The predicted molar refractivity (Wildman–Crippen MR) is 152 cm³/mol. The summed E-state index contributed by atoms with van der Waals surface area (Å²) in [7, 11) is 0. The van der Waals surface area contributed by atoms with Crippen molar-refractivity contribution < 1.29 is 24.5 Å². The highest BCUT2D eigenvalue weighted by Crippen LogP contribution is 2.46. The molecule has 8 nitrogen and oxygen atoms in total. The van der Waals surface area contributed by atoms with Crippen molar-refractivity contribution in [3.8, 4) is 0 Å². The minimum absolute atomic E-state index is 0.00207. The van der Waals surface area contributed by atoms with Gasteiger partial charge in [0.2, 0.25) is 0 Å². The Bertz CT molecular complexity index is 836. The molecule has 1 saturated carbocycles. The van der Waals surface area contributed by atoms with Crippen LogP contribution in [0.4, 0.5) is 0 Å². The Kier molecular flexibility index (Phi) is 11.3. The number of carbonyl (C=O) groups excluding carboxylic acids is 1. The second kappa shape index (κ2) is 14.4. The smallest absolute Gasteiger partial charge is 0.291 e. The fourth-order valence-corrected chi connectivity index (χ4v) is 7.31. The van der Waals surface area contributed by atoms with Crippen LogP contribution in [0.1, 0.15) is 101 Å². The number of likely N-dealkylation sites (tertiary alicyclic amines) is 1. The summed E-state index contributed by atoms with van der Waals surface area (Å²) in [6.07, 6.45) is 15.3.